The van der Waals surface area contributed by atoms with Crippen molar-refractivity contribution >= 4 is 39.3 Å². The van der Waals surface area contributed by atoms with Gasteiger partial charge in [-0.3, -0.25) is 9.78 Å². The molecule has 5 aromatic rings. The number of halogens is 1. The van der Waals surface area contributed by atoms with E-state index >= 15 is 0 Å². The van der Waals surface area contributed by atoms with E-state index in [-0.39, 0.29) is 12.3 Å². The van der Waals surface area contributed by atoms with Gasteiger partial charge >= 0.3 is 0 Å². The van der Waals surface area contributed by atoms with E-state index in [4.69, 9.17) is 16.3 Å². The summed E-state index contributed by atoms with van der Waals surface area (Å²) in [5.41, 5.74) is 4.12. The minimum atomic E-state index is -0.00736. The molecule has 0 aliphatic rings. The predicted molar refractivity (Wildman–Crippen MR) is 116 cm³/mol. The number of ketones is 1. The molecule has 2 aromatic carbocycles. The quantitative estimate of drug-likeness (QED) is 0.381. The maximum absolute atomic E-state index is 13.0. The third-order valence-corrected chi connectivity index (χ3v) is 5.17. The molecule has 7 heteroatoms. The number of aryl methyl sites for hydroxylation is 1. The van der Waals surface area contributed by atoms with Crippen molar-refractivity contribution in [3.63, 3.8) is 0 Å². The lowest BCUT2D eigenvalue weighted by Gasteiger charge is -2.06. The molecule has 6 nitrogen and oxygen atoms in total. The van der Waals surface area contributed by atoms with Gasteiger partial charge in [-0.2, -0.15) is 0 Å². The van der Waals surface area contributed by atoms with Gasteiger partial charge in [-0.15, -0.1) is 0 Å². The highest BCUT2D eigenvalue weighted by Gasteiger charge is 2.15. The first-order valence-corrected chi connectivity index (χ1v) is 9.79. The Morgan fingerprint density at radius 2 is 2.03 bits per heavy atom. The molecule has 0 aliphatic heterocycles. The Hall–Kier alpha value is -3.64. The summed E-state index contributed by atoms with van der Waals surface area (Å²) in [5, 5.41) is 1.47. The first-order valence-electron chi connectivity index (χ1n) is 9.41. The highest BCUT2D eigenvalue weighted by atomic mass is 35.5. The highest BCUT2D eigenvalue weighted by Crippen LogP contribution is 2.28. The number of ether oxygens (including phenoxy) is 1. The molecule has 0 atom stereocenters. The smallest absolute Gasteiger partial charge is 0.184 e. The highest BCUT2D eigenvalue weighted by molar-refractivity contribution is 6.31. The van der Waals surface area contributed by atoms with Gasteiger partial charge in [-0.25, -0.2) is 4.98 Å². The van der Waals surface area contributed by atoms with Gasteiger partial charge in [0.05, 0.1) is 30.1 Å². The fourth-order valence-corrected chi connectivity index (χ4v) is 3.69. The normalized spacial score (nSPS) is 11.3. The SMILES string of the molecule is Cc1cncc(Oc2ccc3c(C(=O)Cn4cnc5cc(Cl)ccc54)c[nH]c3c2)c1. The number of fused-ring (bicyclic) bond motifs is 2. The van der Waals surface area contributed by atoms with Crippen LogP contribution in [0.3, 0.4) is 0 Å². The van der Waals surface area contributed by atoms with Crippen LogP contribution in [0.5, 0.6) is 11.5 Å². The van der Waals surface area contributed by atoms with Crippen LogP contribution < -0.4 is 4.74 Å². The monoisotopic (exact) mass is 416 g/mol. The van der Waals surface area contributed by atoms with Crippen LogP contribution in [-0.2, 0) is 6.54 Å². The fraction of sp³-hybridized carbons (Fsp3) is 0.0870. The molecule has 0 saturated heterocycles. The van der Waals surface area contributed by atoms with Crippen molar-refractivity contribution in [1.29, 1.82) is 0 Å². The van der Waals surface area contributed by atoms with E-state index < -0.39 is 0 Å². The second-order valence-electron chi connectivity index (χ2n) is 7.14. The Morgan fingerprint density at radius 1 is 1.13 bits per heavy atom. The van der Waals surface area contributed by atoms with E-state index in [0.717, 1.165) is 27.5 Å². The van der Waals surface area contributed by atoms with Crippen molar-refractivity contribution in [3.8, 4) is 11.5 Å². The van der Waals surface area contributed by atoms with E-state index in [1.165, 1.54) is 0 Å². The second-order valence-corrected chi connectivity index (χ2v) is 7.57. The molecule has 0 amide bonds. The van der Waals surface area contributed by atoms with Gasteiger partial charge in [0.25, 0.3) is 0 Å². The number of rotatable bonds is 5. The van der Waals surface area contributed by atoms with E-state index in [0.29, 0.717) is 22.1 Å². The van der Waals surface area contributed by atoms with Crippen LogP contribution in [0.15, 0.2) is 67.4 Å². The summed E-state index contributed by atoms with van der Waals surface area (Å²) in [6.07, 6.45) is 6.84. The average Bonchev–Trinajstić information content (AvgIpc) is 3.31. The summed E-state index contributed by atoms with van der Waals surface area (Å²) < 4.78 is 7.72. The number of aromatic nitrogens is 4. The number of Topliss-reactive ketones (excluding diaryl/α,β-unsaturated/α-hetero) is 1. The molecular weight excluding hydrogens is 400 g/mol. The molecule has 0 bridgehead atoms. The Morgan fingerprint density at radius 3 is 2.90 bits per heavy atom. The lowest BCUT2D eigenvalue weighted by atomic mass is 10.1. The third kappa shape index (κ3) is 3.42. The van der Waals surface area contributed by atoms with Crippen molar-refractivity contribution < 1.29 is 9.53 Å². The first-order chi connectivity index (χ1) is 14.6. The fourth-order valence-electron chi connectivity index (χ4n) is 3.52. The zero-order valence-electron chi connectivity index (χ0n) is 16.1. The minimum absolute atomic E-state index is 0.00736. The van der Waals surface area contributed by atoms with Crippen molar-refractivity contribution in [3.05, 3.63) is 83.5 Å². The van der Waals surface area contributed by atoms with Gasteiger partial charge in [0.15, 0.2) is 5.78 Å². The molecule has 5 rings (SSSR count). The number of benzene rings is 2. The topological polar surface area (TPSA) is 72.8 Å². The maximum Gasteiger partial charge on any atom is 0.184 e. The molecule has 0 unspecified atom stereocenters. The van der Waals surface area contributed by atoms with Gasteiger partial charge < -0.3 is 14.3 Å². The molecule has 3 heterocycles. The molecule has 0 fully saturated rings. The molecule has 148 valence electrons. The first kappa shape index (κ1) is 18.4. The predicted octanol–water partition coefficient (Wildman–Crippen LogP) is 5.55. The van der Waals surface area contributed by atoms with Crippen LogP contribution >= 0.6 is 11.6 Å². The summed E-state index contributed by atoms with van der Waals surface area (Å²) in [6.45, 7) is 2.16. The number of nitrogens with zero attached hydrogens (tertiary/aromatic N) is 3. The maximum atomic E-state index is 13.0. The Kier molecular flexibility index (Phi) is 4.48. The molecule has 0 saturated carbocycles. The van der Waals surface area contributed by atoms with Crippen molar-refractivity contribution in [2.45, 2.75) is 13.5 Å². The third-order valence-electron chi connectivity index (χ3n) is 4.94. The second kappa shape index (κ2) is 7.31. The largest absolute Gasteiger partial charge is 0.456 e. The van der Waals surface area contributed by atoms with Gasteiger partial charge in [0.1, 0.15) is 11.5 Å². The standard InChI is InChI=1S/C23H17ClN4O2/c1-14-6-17(10-25-9-14)30-16-3-4-18-19(11-26-20(18)8-16)23(29)12-28-13-27-21-7-15(24)2-5-22(21)28/h2-11,13,26H,12H2,1H3. The summed E-state index contributed by atoms with van der Waals surface area (Å²) >= 11 is 6.02. The number of hydrogen-bond acceptors (Lipinski definition) is 4. The van der Waals surface area contributed by atoms with Crippen molar-refractivity contribution in [2.75, 3.05) is 0 Å². The van der Waals surface area contributed by atoms with Crippen LogP contribution in [0.4, 0.5) is 0 Å². The minimum Gasteiger partial charge on any atom is -0.456 e. The van der Waals surface area contributed by atoms with Crippen LogP contribution in [-0.4, -0.2) is 25.3 Å². The lowest BCUT2D eigenvalue weighted by molar-refractivity contribution is 0.0975. The number of hydrogen-bond donors (Lipinski definition) is 1. The van der Waals surface area contributed by atoms with Crippen LogP contribution in [0.2, 0.25) is 5.02 Å². The van der Waals surface area contributed by atoms with Crippen molar-refractivity contribution in [2.24, 2.45) is 0 Å². The number of carbonyl (C=O) groups excluding carboxylic acids is 1. The van der Waals surface area contributed by atoms with Crippen molar-refractivity contribution in [1.82, 2.24) is 19.5 Å². The van der Waals surface area contributed by atoms with Gasteiger partial charge in [-0.1, -0.05) is 11.6 Å². The van der Waals surface area contributed by atoms with E-state index in [1.54, 1.807) is 37.1 Å². The summed E-state index contributed by atoms with van der Waals surface area (Å²) in [4.78, 5) is 24.6. The molecule has 3 aromatic heterocycles. The molecule has 0 aliphatic carbocycles. The number of H-pyrrole nitrogens is 1. The molecule has 0 spiro atoms. The van der Waals surface area contributed by atoms with Crippen LogP contribution in [0.25, 0.3) is 21.9 Å². The number of imidazole rings is 1. The molecule has 30 heavy (non-hydrogen) atoms. The Bertz CT molecular complexity index is 1400. The lowest BCUT2D eigenvalue weighted by Crippen LogP contribution is -2.09. The van der Waals surface area contributed by atoms with Gasteiger partial charge in [0.2, 0.25) is 0 Å². The molecule has 0 radical (unpaired) electrons. The Labute approximate surface area is 177 Å². The van der Waals surface area contributed by atoms with Gasteiger partial charge in [0, 0.05) is 39.9 Å². The number of carbonyl (C=O) groups is 1. The van der Waals surface area contributed by atoms with Crippen LogP contribution in [0.1, 0.15) is 15.9 Å². The zero-order valence-corrected chi connectivity index (χ0v) is 16.8. The molecule has 1 N–H and O–H groups in total. The molecular formula is C23H17ClN4O2. The number of nitrogens with one attached hydrogen (secondary N) is 1. The zero-order chi connectivity index (χ0) is 20.7. The summed E-state index contributed by atoms with van der Waals surface area (Å²) in [7, 11) is 0. The van der Waals surface area contributed by atoms with E-state index in [2.05, 4.69) is 15.0 Å². The van der Waals surface area contributed by atoms with Gasteiger partial charge in [-0.05, 0) is 48.9 Å². The Balaban J connectivity index is 1.41. The van der Waals surface area contributed by atoms with E-state index in [1.807, 2.05) is 41.8 Å². The average molecular weight is 417 g/mol. The van der Waals surface area contributed by atoms with E-state index in [9.17, 15) is 4.79 Å². The number of aromatic amines is 1. The summed E-state index contributed by atoms with van der Waals surface area (Å²) in [6, 6.07) is 13.0. The number of pyridine rings is 1. The summed E-state index contributed by atoms with van der Waals surface area (Å²) in [5.74, 6) is 1.34. The van der Waals surface area contributed by atoms with Crippen LogP contribution in [0, 0.1) is 6.92 Å².